The zero-order valence-corrected chi connectivity index (χ0v) is 67.9. The van der Waals surface area contributed by atoms with E-state index in [9.17, 15) is 58.1 Å². The molecule has 0 aliphatic carbocycles. The molecule has 0 unspecified atom stereocenters. The summed E-state index contributed by atoms with van der Waals surface area (Å²) in [4.78, 5) is 189. The normalized spacial score (nSPS) is 15.0. The van der Waals surface area contributed by atoms with Crippen LogP contribution in [0.1, 0.15) is 135 Å². The number of ketones is 2. The molecule has 28 nitrogen and oxygen atoms in total. The number of carbonyl (C=O) groups excluding carboxylic acids is 12. The number of aromatic nitrogens is 1. The number of hydrogen-bond donors (Lipinski definition) is 9. The number of halogens is 1. The van der Waals surface area contributed by atoms with Gasteiger partial charge in [0.2, 0.25) is 53.2 Å². The number of nitro groups is 1. The number of fused-ring (bicyclic) bond motifs is 1. The average Bonchev–Trinajstić information content (AvgIpc) is 1.79. The van der Waals surface area contributed by atoms with Crippen molar-refractivity contribution in [3.05, 3.63) is 188 Å². The minimum absolute atomic E-state index is 0. The molecule has 0 bridgehead atoms. The number of pyridine rings is 1. The number of Topliss-reactive ketones (excluding diaryl/α,β-unsaturated/α-hetero) is 2. The Morgan fingerprint density at radius 1 is 0.577 bits per heavy atom. The summed E-state index contributed by atoms with van der Waals surface area (Å²) >= 11 is 6.27. The molecule has 1 radical (unpaired) electrons. The Hall–Kier alpha value is -9.90. The SMILES string of the molecule is CC[C@H](NC(=O)[C@@H](Cc1cccnc1)NC(=O)[C@@H](Cc1ccc(Cl)cc1)NC(=O)[C@@H](Cc1ccc2ccccc2c1)NC(C)=O)C(=O)N[C@@H](Cc1ccc([N+](=O)[O-])cc1)C(=O)N[C@H](Cc1ccc(NC([NH-])=O)cc1)C(=O)N[C@@H](CC(C)C)C(=O)N[C@@H](CCCCN(C)C(C)C)C(=O)N1CCC[C@H]1C(=O)C[C@H](C)C(C)=O.[Y]. The Morgan fingerprint density at radius 2 is 1.05 bits per heavy atom. The molecular weight excluding hydrogens is 1520 g/mol. The maximum Gasteiger partial charge on any atom is 0.269 e. The third-order valence-electron chi connectivity index (χ3n) is 19.5. The van der Waals surface area contributed by atoms with Crippen LogP contribution in [0, 0.1) is 22.0 Å². The number of nitrogens with zero attached hydrogens (tertiary/aromatic N) is 4. The number of nitro benzene ring substituents is 1. The fraction of sp³-hybridized carbons (Fsp3) is 0.444. The molecule has 6 aromatic rings. The van der Waals surface area contributed by atoms with Gasteiger partial charge in [-0.05, 0) is 148 Å². The number of carbonyl (C=O) groups is 12. The molecule has 1 saturated heterocycles. The second kappa shape index (κ2) is 44.2. The first kappa shape index (κ1) is 90.0. The van der Waals surface area contributed by atoms with E-state index in [4.69, 9.17) is 17.3 Å². The Balaban J connectivity index is 0.0000192. The molecule has 1 aliphatic heterocycles. The van der Waals surface area contributed by atoms with E-state index in [1.165, 1.54) is 79.7 Å². The number of hydrogen-bond acceptors (Lipinski definition) is 16. The molecule has 5 aromatic carbocycles. The fourth-order valence-electron chi connectivity index (χ4n) is 12.9. The van der Waals surface area contributed by atoms with Gasteiger partial charge < -0.3 is 63.4 Å². The van der Waals surface area contributed by atoms with Crippen LogP contribution in [0.15, 0.2) is 140 Å². The van der Waals surface area contributed by atoms with Gasteiger partial charge in [0.15, 0.2) is 11.8 Å². The number of nitrogens with one attached hydrogen (secondary N) is 10. The summed E-state index contributed by atoms with van der Waals surface area (Å²) in [5, 5.41) is 38.8. The molecular formula is C81H102ClN14O14Y-. The number of unbranched alkanes of at least 4 members (excludes halogenated alkanes) is 1. The standard InChI is InChI=1S/C81H103ClN14O14.Y/c1-10-63(87-76(103)70(46-57-17-15-36-84-47-57)93-79(106)68(42-53-23-30-60(82)31-24-53)91-75(102)66(85-52(8)98)45-56-22-29-58-18-11-12-19-59(58)41-56)73(100)90-67(44-55-27-34-62(35-28-55)96(109)110)78(105)92-69(43-54-25-32-61(33-26-54)86-81(83)108)77(104)89-65(39-48(2)3)74(101)88-64(20-13-14-37-94(9)49(4)5)80(107)95-38-16-21-71(95)72(99)40-50(6)51(7)97;/h11-12,15,17-19,22-36,41,47-50,63-71H,10,13-14,16,20-21,37-40,42-46H2,1-9H3,(H11,83,85,86,87,88,89,90,91,92,93,98,100,101,102,103,104,105,106,108);/p-1/t50-,63-,64-,65-,66+,67-,68+,69+,70+,71-;/m0./s1. The number of benzene rings is 5. The van der Waals surface area contributed by atoms with E-state index in [0.29, 0.717) is 65.1 Å². The Bertz CT molecular complexity index is 4210. The van der Waals surface area contributed by atoms with Crippen molar-refractivity contribution in [2.45, 2.75) is 199 Å². The molecule has 591 valence electrons. The molecule has 30 heteroatoms. The average molecular weight is 1620 g/mol. The summed E-state index contributed by atoms with van der Waals surface area (Å²) < 4.78 is 0. The van der Waals surface area contributed by atoms with Crippen LogP contribution in [0.5, 0.6) is 0 Å². The van der Waals surface area contributed by atoms with Crippen LogP contribution in [-0.2, 0) is 118 Å². The van der Waals surface area contributed by atoms with Crippen LogP contribution in [0.3, 0.4) is 0 Å². The van der Waals surface area contributed by atoms with E-state index in [-0.39, 0.29) is 132 Å². The summed E-state index contributed by atoms with van der Waals surface area (Å²) in [5.41, 5.74) is 9.85. The van der Waals surface area contributed by atoms with Crippen LogP contribution in [-0.4, -0.2) is 171 Å². The Kier molecular flexibility index (Phi) is 35.9. The third kappa shape index (κ3) is 28.7. The van der Waals surface area contributed by atoms with Crippen LogP contribution >= 0.6 is 11.6 Å². The number of non-ortho nitro benzene ring substituents is 1. The molecule has 0 spiro atoms. The zero-order chi connectivity index (χ0) is 80.3. The first-order valence-electron chi connectivity index (χ1n) is 37.2. The van der Waals surface area contributed by atoms with Gasteiger partial charge in [0, 0.05) is 126 Å². The third-order valence-corrected chi connectivity index (χ3v) is 19.7. The first-order chi connectivity index (χ1) is 52.3. The molecule has 2 heterocycles. The van der Waals surface area contributed by atoms with Gasteiger partial charge in [0.25, 0.3) is 5.69 Å². The van der Waals surface area contributed by atoms with Gasteiger partial charge in [-0.2, -0.15) is 0 Å². The van der Waals surface area contributed by atoms with Crippen LogP contribution in [0.25, 0.3) is 16.5 Å². The van der Waals surface area contributed by atoms with E-state index < -0.39 is 124 Å². The zero-order valence-electron chi connectivity index (χ0n) is 64.3. The number of anilines is 1. The van der Waals surface area contributed by atoms with E-state index in [0.717, 1.165) is 10.8 Å². The molecule has 1 aliphatic rings. The minimum Gasteiger partial charge on any atom is -0.447 e. The quantitative estimate of drug-likeness (QED) is 0.00999. The number of rotatable bonds is 41. The molecule has 111 heavy (non-hydrogen) atoms. The monoisotopic (exact) mass is 1620 g/mol. The smallest absolute Gasteiger partial charge is 0.269 e. The predicted octanol–water partition coefficient (Wildman–Crippen LogP) is 7.93. The molecule has 11 amide bonds. The van der Waals surface area contributed by atoms with Crippen LogP contribution in [0.4, 0.5) is 16.2 Å². The van der Waals surface area contributed by atoms with Gasteiger partial charge in [-0.1, -0.05) is 136 Å². The van der Waals surface area contributed by atoms with Gasteiger partial charge in [-0.15, -0.1) is 0 Å². The Morgan fingerprint density at radius 3 is 1.54 bits per heavy atom. The largest absolute Gasteiger partial charge is 0.447 e. The van der Waals surface area contributed by atoms with Crippen molar-refractivity contribution >= 4 is 105 Å². The molecule has 10 N–H and O–H groups in total. The number of amides is 11. The van der Waals surface area contributed by atoms with Crippen molar-refractivity contribution in [1.82, 2.24) is 57.3 Å². The van der Waals surface area contributed by atoms with Crippen molar-refractivity contribution in [2.75, 3.05) is 25.5 Å². The number of urea groups is 1. The maximum absolute atomic E-state index is 15.3. The second-order valence-corrected chi connectivity index (χ2v) is 29.4. The summed E-state index contributed by atoms with van der Waals surface area (Å²) in [6.07, 6.45) is 4.10. The van der Waals surface area contributed by atoms with E-state index in [2.05, 4.69) is 71.6 Å². The summed E-state index contributed by atoms with van der Waals surface area (Å²) in [6.45, 7) is 14.6. The fourth-order valence-corrected chi connectivity index (χ4v) is 13.0. The van der Waals surface area contributed by atoms with Crippen molar-refractivity contribution < 1.29 is 95.2 Å². The maximum atomic E-state index is 15.3. The van der Waals surface area contributed by atoms with Crippen LogP contribution < -0.4 is 47.9 Å². The summed E-state index contributed by atoms with van der Waals surface area (Å²) in [7, 11) is 1.98. The molecule has 7 rings (SSSR count). The van der Waals surface area contributed by atoms with E-state index in [1.807, 2.05) is 63.4 Å². The van der Waals surface area contributed by atoms with Crippen LogP contribution in [0.2, 0.25) is 5.02 Å². The topological polar surface area (TPSA) is 399 Å². The Labute approximate surface area is 677 Å². The van der Waals surface area contributed by atoms with Crippen molar-refractivity contribution in [3.8, 4) is 0 Å². The van der Waals surface area contributed by atoms with E-state index >= 15 is 9.59 Å². The molecule has 0 saturated carbocycles. The van der Waals surface area contributed by atoms with Crippen molar-refractivity contribution in [2.24, 2.45) is 11.8 Å². The molecule has 1 fully saturated rings. The van der Waals surface area contributed by atoms with Gasteiger partial charge in [0.05, 0.1) is 11.0 Å². The number of likely N-dealkylation sites (tertiary alicyclic amines) is 1. The van der Waals surface area contributed by atoms with Gasteiger partial charge >= 0.3 is 0 Å². The minimum atomic E-state index is -1.63. The van der Waals surface area contributed by atoms with Gasteiger partial charge in [0.1, 0.15) is 54.1 Å². The van der Waals surface area contributed by atoms with Gasteiger partial charge in [-0.25, -0.2) is 0 Å². The van der Waals surface area contributed by atoms with Crippen molar-refractivity contribution in [1.29, 1.82) is 0 Å². The first-order valence-corrected chi connectivity index (χ1v) is 37.6. The predicted molar refractivity (Wildman–Crippen MR) is 418 cm³/mol. The van der Waals surface area contributed by atoms with Crippen molar-refractivity contribution in [3.63, 3.8) is 0 Å². The second-order valence-electron chi connectivity index (χ2n) is 28.9. The van der Waals surface area contributed by atoms with E-state index in [1.54, 1.807) is 50.2 Å². The molecule has 10 atom stereocenters. The van der Waals surface area contributed by atoms with Gasteiger partial charge in [-0.3, -0.25) is 72.6 Å². The molecule has 1 aromatic heterocycles. The summed E-state index contributed by atoms with van der Waals surface area (Å²) in [5.74, 6) is -8.22. The summed E-state index contributed by atoms with van der Waals surface area (Å²) in [6, 6.07) is 21.3.